The highest BCUT2D eigenvalue weighted by molar-refractivity contribution is 6.22. The minimum absolute atomic E-state index is 0.417. The molecule has 0 saturated heterocycles. The lowest BCUT2D eigenvalue weighted by Gasteiger charge is -2.31. The molecule has 12 rings (SSSR count). The summed E-state index contributed by atoms with van der Waals surface area (Å²) in [6, 6.07) is 72.8. The lowest BCUT2D eigenvalue weighted by atomic mass is 9.69. The fourth-order valence-electron chi connectivity index (χ4n) is 10.2. The van der Waals surface area contributed by atoms with Gasteiger partial charge < -0.3 is 0 Å². The van der Waals surface area contributed by atoms with Crippen molar-refractivity contribution in [2.24, 2.45) is 0 Å². The molecule has 10 aromatic rings. The minimum Gasteiger partial charge on any atom is -0.0622 e. The Bertz CT molecular complexity index is 3060. The molecule has 0 aromatic heterocycles. The number of hydrogen-bond acceptors (Lipinski definition) is 0. The van der Waals surface area contributed by atoms with E-state index in [1.54, 1.807) is 0 Å². The van der Waals surface area contributed by atoms with Gasteiger partial charge in [-0.3, -0.25) is 0 Å². The summed E-state index contributed by atoms with van der Waals surface area (Å²) >= 11 is 0. The molecule has 0 bridgehead atoms. The average molecular weight is 669 g/mol. The standard InChI is InChI=1S/C53H32/c1-2-15-34(16-3-1)50-41-20-6-8-22-43(41)51(44-23-9-7-21-42(44)50)36-27-26-35-31-46-45-29-28-33-14-4-5-17-38(33)52(45)53(49(46)32-37(35)30-36)47-24-12-10-18-39(47)40-19-11-13-25-48(40)53/h1-32H. The van der Waals surface area contributed by atoms with Crippen LogP contribution in [0.2, 0.25) is 0 Å². The quantitative estimate of drug-likeness (QED) is 0.161. The zero-order valence-electron chi connectivity index (χ0n) is 29.0. The highest BCUT2D eigenvalue weighted by Crippen LogP contribution is 2.64. The molecule has 0 N–H and O–H groups in total. The van der Waals surface area contributed by atoms with Gasteiger partial charge >= 0.3 is 0 Å². The molecule has 53 heavy (non-hydrogen) atoms. The Hall–Kier alpha value is -6.76. The highest BCUT2D eigenvalue weighted by atomic mass is 14.5. The molecule has 10 aromatic carbocycles. The maximum atomic E-state index is 2.53. The lowest BCUT2D eigenvalue weighted by molar-refractivity contribution is 0.802. The Kier molecular flexibility index (Phi) is 5.80. The normalized spacial score (nSPS) is 13.4. The second-order valence-electron chi connectivity index (χ2n) is 14.7. The Morgan fingerprint density at radius 1 is 0.264 bits per heavy atom. The maximum Gasteiger partial charge on any atom is 0.0731 e. The molecule has 0 fully saturated rings. The molecular formula is C53H32. The fourth-order valence-corrected chi connectivity index (χ4v) is 10.2. The van der Waals surface area contributed by atoms with Crippen LogP contribution in [0, 0.1) is 0 Å². The Morgan fingerprint density at radius 2 is 0.792 bits per heavy atom. The first-order chi connectivity index (χ1) is 26.3. The summed E-state index contributed by atoms with van der Waals surface area (Å²) < 4.78 is 0. The Morgan fingerprint density at radius 3 is 1.45 bits per heavy atom. The van der Waals surface area contributed by atoms with E-state index < -0.39 is 5.41 Å². The molecule has 244 valence electrons. The molecule has 0 heteroatoms. The Balaban J connectivity index is 1.18. The zero-order valence-corrected chi connectivity index (χ0v) is 29.0. The molecule has 2 aliphatic carbocycles. The van der Waals surface area contributed by atoms with Crippen molar-refractivity contribution >= 4 is 43.1 Å². The van der Waals surface area contributed by atoms with Gasteiger partial charge in [-0.15, -0.1) is 0 Å². The lowest BCUT2D eigenvalue weighted by Crippen LogP contribution is -2.26. The third-order valence-electron chi connectivity index (χ3n) is 12.2. The highest BCUT2D eigenvalue weighted by Gasteiger charge is 2.52. The van der Waals surface area contributed by atoms with Crippen LogP contribution in [-0.2, 0) is 5.41 Å². The largest absolute Gasteiger partial charge is 0.0731 e. The van der Waals surface area contributed by atoms with E-state index in [4.69, 9.17) is 0 Å². The van der Waals surface area contributed by atoms with Gasteiger partial charge in [-0.1, -0.05) is 176 Å². The Labute approximate surface area is 308 Å². The predicted octanol–water partition coefficient (Wildman–Crippen LogP) is 14.0. The summed E-state index contributed by atoms with van der Waals surface area (Å²) in [5.41, 5.74) is 15.5. The van der Waals surface area contributed by atoms with Crippen LogP contribution in [0.25, 0.3) is 87.6 Å². The van der Waals surface area contributed by atoms with Crippen molar-refractivity contribution in [2.45, 2.75) is 5.41 Å². The smallest absolute Gasteiger partial charge is 0.0622 e. The molecule has 0 radical (unpaired) electrons. The van der Waals surface area contributed by atoms with Gasteiger partial charge in [0.25, 0.3) is 0 Å². The number of rotatable bonds is 2. The molecule has 0 atom stereocenters. The first-order valence-corrected chi connectivity index (χ1v) is 18.6. The van der Waals surface area contributed by atoms with Crippen LogP contribution in [0.4, 0.5) is 0 Å². The number of hydrogen-bond donors (Lipinski definition) is 0. The van der Waals surface area contributed by atoms with Crippen molar-refractivity contribution < 1.29 is 0 Å². The van der Waals surface area contributed by atoms with Crippen molar-refractivity contribution in [1.82, 2.24) is 0 Å². The van der Waals surface area contributed by atoms with E-state index in [-0.39, 0.29) is 0 Å². The SMILES string of the molecule is c1ccc(-c2c3ccccc3c(-c3ccc4cc5c(cc4c3)C3(c4ccccc4-c4ccccc43)c3c-5ccc4ccccc34)c3ccccc23)cc1. The fraction of sp³-hybridized carbons (Fsp3) is 0.0189. The van der Waals surface area contributed by atoms with E-state index in [0.29, 0.717) is 0 Å². The topological polar surface area (TPSA) is 0 Å². The maximum absolute atomic E-state index is 2.53. The summed E-state index contributed by atoms with van der Waals surface area (Å²) in [7, 11) is 0. The van der Waals surface area contributed by atoms with Gasteiger partial charge in [-0.2, -0.15) is 0 Å². The summed E-state index contributed by atoms with van der Waals surface area (Å²) in [6.07, 6.45) is 0. The van der Waals surface area contributed by atoms with Crippen molar-refractivity contribution in [2.75, 3.05) is 0 Å². The molecule has 0 nitrogen and oxygen atoms in total. The van der Waals surface area contributed by atoms with Gasteiger partial charge in [0.1, 0.15) is 0 Å². The van der Waals surface area contributed by atoms with Crippen LogP contribution < -0.4 is 0 Å². The first-order valence-electron chi connectivity index (χ1n) is 18.6. The monoisotopic (exact) mass is 668 g/mol. The van der Waals surface area contributed by atoms with E-state index in [1.165, 1.54) is 110 Å². The van der Waals surface area contributed by atoms with Crippen LogP contribution in [0.1, 0.15) is 22.3 Å². The van der Waals surface area contributed by atoms with E-state index in [2.05, 4.69) is 194 Å². The number of fused-ring (bicyclic) bond motifs is 15. The van der Waals surface area contributed by atoms with Gasteiger partial charge in [0.05, 0.1) is 5.41 Å². The summed E-state index contributed by atoms with van der Waals surface area (Å²) in [4.78, 5) is 0. The van der Waals surface area contributed by atoms with Gasteiger partial charge in [0, 0.05) is 0 Å². The van der Waals surface area contributed by atoms with E-state index >= 15 is 0 Å². The summed E-state index contributed by atoms with van der Waals surface area (Å²) in [5.74, 6) is 0. The van der Waals surface area contributed by atoms with Crippen LogP contribution in [0.3, 0.4) is 0 Å². The molecule has 0 aliphatic heterocycles. The van der Waals surface area contributed by atoms with Crippen molar-refractivity contribution in [1.29, 1.82) is 0 Å². The molecule has 2 aliphatic rings. The molecule has 1 spiro atoms. The van der Waals surface area contributed by atoms with E-state index in [1.807, 2.05) is 0 Å². The first kappa shape index (κ1) is 28.9. The summed E-state index contributed by atoms with van der Waals surface area (Å²) in [6.45, 7) is 0. The second kappa shape index (κ2) is 10.6. The van der Waals surface area contributed by atoms with Gasteiger partial charge in [0.15, 0.2) is 0 Å². The van der Waals surface area contributed by atoms with Gasteiger partial charge in [0.2, 0.25) is 0 Å². The van der Waals surface area contributed by atoms with E-state index in [9.17, 15) is 0 Å². The van der Waals surface area contributed by atoms with E-state index in [0.717, 1.165) is 0 Å². The molecule has 0 saturated carbocycles. The second-order valence-corrected chi connectivity index (χ2v) is 14.7. The van der Waals surface area contributed by atoms with Gasteiger partial charge in [-0.25, -0.2) is 0 Å². The van der Waals surface area contributed by atoms with Crippen molar-refractivity contribution in [3.8, 4) is 44.5 Å². The summed E-state index contributed by atoms with van der Waals surface area (Å²) in [5, 5.41) is 10.2. The zero-order chi connectivity index (χ0) is 34.7. The molecule has 0 heterocycles. The van der Waals surface area contributed by atoms with Crippen LogP contribution >= 0.6 is 0 Å². The van der Waals surface area contributed by atoms with Crippen molar-refractivity contribution in [3.05, 3.63) is 216 Å². The average Bonchev–Trinajstić information content (AvgIpc) is 3.69. The number of benzene rings is 10. The third-order valence-corrected chi connectivity index (χ3v) is 12.2. The van der Waals surface area contributed by atoms with Gasteiger partial charge in [-0.05, 0) is 128 Å². The third kappa shape index (κ3) is 3.75. The van der Waals surface area contributed by atoms with Crippen molar-refractivity contribution in [3.63, 3.8) is 0 Å². The van der Waals surface area contributed by atoms with Crippen LogP contribution in [0.5, 0.6) is 0 Å². The minimum atomic E-state index is -0.417. The molecule has 0 unspecified atom stereocenters. The van der Waals surface area contributed by atoms with Crippen LogP contribution in [-0.4, -0.2) is 0 Å². The predicted molar refractivity (Wildman–Crippen MR) is 224 cm³/mol. The molecular weight excluding hydrogens is 637 g/mol. The van der Waals surface area contributed by atoms with Crippen LogP contribution in [0.15, 0.2) is 194 Å². The molecule has 0 amide bonds.